The number of rotatable bonds is 4. The van der Waals surface area contributed by atoms with Gasteiger partial charge in [0.25, 0.3) is 0 Å². The second kappa shape index (κ2) is 5.41. The Bertz CT molecular complexity index is 551. The van der Waals surface area contributed by atoms with Crippen molar-refractivity contribution in [1.82, 2.24) is 10.3 Å². The number of hydrogen-bond acceptors (Lipinski definition) is 3. The summed E-state index contributed by atoms with van der Waals surface area (Å²) in [5.41, 5.74) is 5.29. The fraction of sp³-hybridized carbons (Fsp3) is 0.312. The summed E-state index contributed by atoms with van der Waals surface area (Å²) >= 11 is 0. The van der Waals surface area contributed by atoms with Crippen LogP contribution in [-0.2, 0) is 19.5 Å². The monoisotopic (exact) mass is 253 g/mol. The van der Waals surface area contributed by atoms with Crippen molar-refractivity contribution in [2.24, 2.45) is 0 Å². The Morgan fingerprint density at radius 2 is 2.16 bits per heavy atom. The van der Waals surface area contributed by atoms with E-state index in [1.807, 2.05) is 24.4 Å². The Balaban J connectivity index is 1.59. The molecule has 0 saturated carbocycles. The van der Waals surface area contributed by atoms with E-state index in [-0.39, 0.29) is 0 Å². The fourth-order valence-corrected chi connectivity index (χ4v) is 2.57. The Hall–Kier alpha value is -1.87. The highest BCUT2D eigenvalue weighted by Gasteiger charge is 2.15. The van der Waals surface area contributed by atoms with Gasteiger partial charge in [-0.3, -0.25) is 4.98 Å². The van der Waals surface area contributed by atoms with E-state index < -0.39 is 0 Å². The average molecular weight is 253 g/mol. The number of pyridine rings is 1. The van der Waals surface area contributed by atoms with Gasteiger partial charge < -0.3 is 10.2 Å². The van der Waals surface area contributed by atoms with E-state index in [1.165, 1.54) is 23.2 Å². The normalized spacial score (nSPS) is 13.6. The van der Waals surface area contributed by atoms with Crippen LogP contribution in [0, 0.1) is 0 Å². The van der Waals surface area contributed by atoms with E-state index >= 15 is 0 Å². The fourth-order valence-electron chi connectivity index (χ4n) is 2.57. The molecule has 0 amide bonds. The number of anilines is 1. The van der Waals surface area contributed by atoms with Crippen LogP contribution in [0.2, 0.25) is 0 Å². The molecule has 0 fully saturated rings. The van der Waals surface area contributed by atoms with Crippen molar-refractivity contribution in [2.75, 3.05) is 18.5 Å². The molecule has 0 bridgehead atoms. The van der Waals surface area contributed by atoms with Gasteiger partial charge in [0, 0.05) is 38.6 Å². The molecule has 3 rings (SSSR count). The molecule has 0 atom stereocenters. The lowest BCUT2D eigenvalue weighted by Gasteiger charge is -2.12. The third kappa shape index (κ3) is 2.76. The molecule has 2 aromatic rings. The summed E-state index contributed by atoms with van der Waals surface area (Å²) in [6.45, 7) is 2.85. The molecule has 1 aliphatic rings. The molecule has 0 saturated heterocycles. The molecule has 0 radical (unpaired) electrons. The molecule has 1 aliphatic heterocycles. The number of nitrogens with zero attached hydrogens (tertiary/aromatic N) is 2. The van der Waals surface area contributed by atoms with Crippen molar-refractivity contribution in [1.29, 1.82) is 0 Å². The van der Waals surface area contributed by atoms with Crippen LogP contribution in [0.3, 0.4) is 0 Å². The van der Waals surface area contributed by atoms with Crippen molar-refractivity contribution in [2.45, 2.75) is 19.5 Å². The minimum atomic E-state index is 0.817. The summed E-state index contributed by atoms with van der Waals surface area (Å²) in [6.07, 6.45) is 3.00. The quantitative estimate of drug-likeness (QED) is 0.906. The van der Waals surface area contributed by atoms with Gasteiger partial charge in [0.05, 0.1) is 5.69 Å². The maximum atomic E-state index is 4.31. The first-order valence-corrected chi connectivity index (χ1v) is 6.76. The molecule has 19 heavy (non-hydrogen) atoms. The Morgan fingerprint density at radius 1 is 1.21 bits per heavy atom. The van der Waals surface area contributed by atoms with Gasteiger partial charge in [-0.2, -0.15) is 0 Å². The van der Waals surface area contributed by atoms with Crippen LogP contribution in [0.4, 0.5) is 5.69 Å². The molecule has 0 aliphatic carbocycles. The third-order valence-electron chi connectivity index (χ3n) is 3.63. The minimum Gasteiger partial charge on any atom is -0.374 e. The van der Waals surface area contributed by atoms with Crippen molar-refractivity contribution in [3.63, 3.8) is 0 Å². The molecule has 3 heteroatoms. The van der Waals surface area contributed by atoms with Crippen LogP contribution in [0.15, 0.2) is 42.6 Å². The molecule has 0 spiro atoms. The van der Waals surface area contributed by atoms with Gasteiger partial charge in [-0.15, -0.1) is 0 Å². The first-order valence-electron chi connectivity index (χ1n) is 6.76. The Labute approximate surface area is 114 Å². The van der Waals surface area contributed by atoms with Crippen molar-refractivity contribution < 1.29 is 0 Å². The van der Waals surface area contributed by atoms with Crippen LogP contribution in [0.5, 0.6) is 0 Å². The largest absolute Gasteiger partial charge is 0.374 e. The van der Waals surface area contributed by atoms with E-state index in [0.717, 1.165) is 25.3 Å². The number of benzene rings is 1. The lowest BCUT2D eigenvalue weighted by Crippen LogP contribution is -2.14. The third-order valence-corrected chi connectivity index (χ3v) is 3.63. The molecule has 2 heterocycles. The van der Waals surface area contributed by atoms with Gasteiger partial charge in [-0.1, -0.05) is 18.2 Å². The van der Waals surface area contributed by atoms with Crippen LogP contribution >= 0.6 is 0 Å². The topological polar surface area (TPSA) is 28.2 Å². The number of aromatic nitrogens is 1. The minimum absolute atomic E-state index is 0.817. The van der Waals surface area contributed by atoms with E-state index in [4.69, 9.17) is 0 Å². The SMILES string of the molecule is CN1CCc2cc(CNCc3ccccn3)ccc21. The highest BCUT2D eigenvalue weighted by molar-refractivity contribution is 5.58. The maximum Gasteiger partial charge on any atom is 0.0541 e. The van der Waals surface area contributed by atoms with Gasteiger partial charge in [-0.25, -0.2) is 0 Å². The van der Waals surface area contributed by atoms with Gasteiger partial charge in [-0.05, 0) is 35.7 Å². The molecule has 1 aromatic carbocycles. The highest BCUT2D eigenvalue weighted by Crippen LogP contribution is 2.27. The van der Waals surface area contributed by atoms with Crippen LogP contribution in [0.25, 0.3) is 0 Å². The first-order chi connectivity index (χ1) is 9.33. The molecule has 1 N–H and O–H groups in total. The number of hydrogen-bond donors (Lipinski definition) is 1. The molecular formula is C16H19N3. The zero-order valence-corrected chi connectivity index (χ0v) is 11.3. The van der Waals surface area contributed by atoms with Crippen molar-refractivity contribution in [3.05, 3.63) is 59.4 Å². The number of likely N-dealkylation sites (N-methyl/N-ethyl adjacent to an activating group) is 1. The van der Waals surface area contributed by atoms with Gasteiger partial charge >= 0.3 is 0 Å². The maximum absolute atomic E-state index is 4.31. The van der Waals surface area contributed by atoms with E-state index in [0.29, 0.717) is 0 Å². The molecule has 0 unspecified atom stereocenters. The van der Waals surface area contributed by atoms with E-state index in [9.17, 15) is 0 Å². The second-order valence-corrected chi connectivity index (χ2v) is 5.06. The van der Waals surface area contributed by atoms with Gasteiger partial charge in [0.2, 0.25) is 0 Å². The van der Waals surface area contributed by atoms with E-state index in [2.05, 4.69) is 40.4 Å². The lowest BCUT2D eigenvalue weighted by molar-refractivity contribution is 0.679. The van der Waals surface area contributed by atoms with Gasteiger partial charge in [0.1, 0.15) is 0 Å². The predicted molar refractivity (Wildman–Crippen MR) is 78.2 cm³/mol. The average Bonchev–Trinajstić information content (AvgIpc) is 2.81. The molecular weight excluding hydrogens is 234 g/mol. The van der Waals surface area contributed by atoms with Crippen LogP contribution in [-0.4, -0.2) is 18.6 Å². The molecule has 3 nitrogen and oxygen atoms in total. The summed E-state index contributed by atoms with van der Waals surface area (Å²) in [7, 11) is 2.16. The highest BCUT2D eigenvalue weighted by atomic mass is 15.1. The van der Waals surface area contributed by atoms with Crippen LogP contribution < -0.4 is 10.2 Å². The number of fused-ring (bicyclic) bond motifs is 1. The second-order valence-electron chi connectivity index (χ2n) is 5.06. The molecule has 98 valence electrons. The lowest BCUT2D eigenvalue weighted by atomic mass is 10.1. The smallest absolute Gasteiger partial charge is 0.0541 e. The predicted octanol–water partition coefficient (Wildman–Crippen LogP) is 2.36. The summed E-state index contributed by atoms with van der Waals surface area (Å²) in [6, 6.07) is 12.8. The van der Waals surface area contributed by atoms with Crippen LogP contribution in [0.1, 0.15) is 16.8 Å². The Kier molecular flexibility index (Phi) is 3.47. The zero-order chi connectivity index (χ0) is 13.1. The summed E-state index contributed by atoms with van der Waals surface area (Å²) in [5, 5.41) is 3.44. The standard InChI is InChI=1S/C16H19N3/c1-19-9-7-14-10-13(5-6-16(14)19)11-17-12-15-4-2-3-8-18-15/h2-6,8,10,17H,7,9,11-12H2,1H3. The van der Waals surface area contributed by atoms with Crippen molar-refractivity contribution in [3.8, 4) is 0 Å². The molecule has 1 aromatic heterocycles. The van der Waals surface area contributed by atoms with E-state index in [1.54, 1.807) is 0 Å². The van der Waals surface area contributed by atoms with Gasteiger partial charge in [0.15, 0.2) is 0 Å². The number of nitrogens with one attached hydrogen (secondary N) is 1. The summed E-state index contributed by atoms with van der Waals surface area (Å²) in [5.74, 6) is 0. The summed E-state index contributed by atoms with van der Waals surface area (Å²) in [4.78, 5) is 6.63. The Morgan fingerprint density at radius 3 is 3.00 bits per heavy atom. The zero-order valence-electron chi connectivity index (χ0n) is 11.3. The summed E-state index contributed by atoms with van der Waals surface area (Å²) < 4.78 is 0. The first kappa shape index (κ1) is 12.2. The van der Waals surface area contributed by atoms with Crippen molar-refractivity contribution >= 4 is 5.69 Å².